The highest BCUT2D eigenvalue weighted by molar-refractivity contribution is 8.27. The molecule has 0 bridgehead atoms. The largest absolute Gasteiger partial charge is 0.496 e. The van der Waals surface area contributed by atoms with E-state index in [1.807, 2.05) is 61.5 Å². The number of amides is 1. The number of carbonyl (C=O) groups is 1. The number of benzene rings is 2. The number of anilines is 1. The van der Waals surface area contributed by atoms with E-state index in [1.165, 1.54) is 11.8 Å². The average Bonchev–Trinajstić information content (AvgIpc) is 2.82. The van der Waals surface area contributed by atoms with Crippen molar-refractivity contribution in [3.8, 4) is 5.75 Å². The highest BCUT2D eigenvalue weighted by Gasteiger charge is 2.33. The summed E-state index contributed by atoms with van der Waals surface area (Å²) < 4.78 is 5.88. The van der Waals surface area contributed by atoms with Crippen molar-refractivity contribution in [1.29, 1.82) is 0 Å². The number of para-hydroxylation sites is 1. The highest BCUT2D eigenvalue weighted by Crippen LogP contribution is 2.37. The van der Waals surface area contributed by atoms with Crippen LogP contribution < -0.4 is 9.64 Å². The predicted octanol–water partition coefficient (Wildman–Crippen LogP) is 4.41. The first kappa shape index (κ1) is 15.8. The first-order valence-corrected chi connectivity index (χ1v) is 8.30. The molecule has 3 nitrogen and oxygen atoms in total. The van der Waals surface area contributed by atoms with Gasteiger partial charge in [-0.15, -0.1) is 0 Å². The van der Waals surface area contributed by atoms with Gasteiger partial charge in [-0.05, 0) is 36.8 Å². The fourth-order valence-electron chi connectivity index (χ4n) is 2.38. The van der Waals surface area contributed by atoms with Crippen LogP contribution in [0.3, 0.4) is 0 Å². The first-order chi connectivity index (χ1) is 11.1. The van der Waals surface area contributed by atoms with Gasteiger partial charge in [-0.2, -0.15) is 0 Å². The van der Waals surface area contributed by atoms with Crippen LogP contribution in [0.15, 0.2) is 53.4 Å². The zero-order chi connectivity index (χ0) is 16.4. The number of methoxy groups -OCH3 is 1. The smallest absolute Gasteiger partial charge is 0.270 e. The van der Waals surface area contributed by atoms with E-state index in [-0.39, 0.29) is 5.91 Å². The molecule has 0 unspecified atom stereocenters. The van der Waals surface area contributed by atoms with Crippen LogP contribution >= 0.6 is 24.0 Å². The normalized spacial score (nSPS) is 16.3. The minimum atomic E-state index is -0.100. The van der Waals surface area contributed by atoms with E-state index in [0.717, 1.165) is 22.6 Å². The van der Waals surface area contributed by atoms with Gasteiger partial charge in [0, 0.05) is 5.56 Å². The lowest BCUT2D eigenvalue weighted by Crippen LogP contribution is -2.27. The van der Waals surface area contributed by atoms with Crippen molar-refractivity contribution >= 4 is 46.0 Å². The van der Waals surface area contributed by atoms with Gasteiger partial charge >= 0.3 is 0 Å². The lowest BCUT2D eigenvalue weighted by Gasteiger charge is -2.14. The second-order valence-corrected chi connectivity index (χ2v) is 6.77. The molecule has 1 aliphatic heterocycles. The summed E-state index contributed by atoms with van der Waals surface area (Å²) in [7, 11) is 1.62. The molecule has 1 amide bonds. The molecule has 116 valence electrons. The molecule has 1 saturated heterocycles. The highest BCUT2D eigenvalue weighted by atomic mass is 32.2. The molecule has 2 aromatic rings. The number of aryl methyl sites for hydroxylation is 1. The number of hydrogen-bond acceptors (Lipinski definition) is 4. The third-order valence-corrected chi connectivity index (χ3v) is 4.78. The van der Waals surface area contributed by atoms with E-state index in [1.54, 1.807) is 12.0 Å². The summed E-state index contributed by atoms with van der Waals surface area (Å²) >= 11 is 6.70. The minimum Gasteiger partial charge on any atom is -0.496 e. The van der Waals surface area contributed by atoms with E-state index in [4.69, 9.17) is 17.0 Å². The van der Waals surface area contributed by atoms with Gasteiger partial charge in [0.05, 0.1) is 17.7 Å². The summed E-state index contributed by atoms with van der Waals surface area (Å²) in [4.78, 5) is 14.9. The molecular weight excluding hydrogens is 326 g/mol. The van der Waals surface area contributed by atoms with E-state index < -0.39 is 0 Å². The Morgan fingerprint density at radius 1 is 1.17 bits per heavy atom. The minimum absolute atomic E-state index is 0.100. The Bertz CT molecular complexity index is 814. The molecule has 3 rings (SSSR count). The number of hydrogen-bond donors (Lipinski definition) is 0. The zero-order valence-corrected chi connectivity index (χ0v) is 14.4. The number of thiocarbonyl (C=S) groups is 1. The van der Waals surface area contributed by atoms with E-state index in [2.05, 4.69) is 0 Å². The van der Waals surface area contributed by atoms with Gasteiger partial charge in [0.25, 0.3) is 5.91 Å². The Balaban J connectivity index is 1.97. The fraction of sp³-hybridized carbons (Fsp3) is 0.111. The third-order valence-electron chi connectivity index (χ3n) is 3.48. The summed E-state index contributed by atoms with van der Waals surface area (Å²) in [5.41, 5.74) is 2.75. The quantitative estimate of drug-likeness (QED) is 0.611. The Kier molecular flexibility index (Phi) is 4.50. The van der Waals surface area contributed by atoms with Crippen molar-refractivity contribution in [1.82, 2.24) is 0 Å². The lowest BCUT2D eigenvalue weighted by atomic mass is 10.1. The summed E-state index contributed by atoms with van der Waals surface area (Å²) in [5.74, 6) is 0.629. The maximum Gasteiger partial charge on any atom is 0.270 e. The van der Waals surface area contributed by atoms with Crippen molar-refractivity contribution in [3.05, 3.63) is 64.6 Å². The number of ether oxygens (including phenoxy) is 1. The molecular formula is C18H15NO2S2. The topological polar surface area (TPSA) is 29.5 Å². The summed E-state index contributed by atoms with van der Waals surface area (Å²) in [6, 6.07) is 15.4. The molecule has 0 atom stereocenters. The van der Waals surface area contributed by atoms with E-state index in [0.29, 0.717) is 9.23 Å². The summed E-state index contributed by atoms with van der Waals surface area (Å²) in [5, 5.41) is 0. The van der Waals surface area contributed by atoms with Crippen LogP contribution in [0.1, 0.15) is 11.1 Å². The number of nitrogens with zero attached hydrogens (tertiary/aromatic N) is 1. The van der Waals surface area contributed by atoms with E-state index >= 15 is 0 Å². The molecule has 2 aromatic carbocycles. The summed E-state index contributed by atoms with van der Waals surface area (Å²) in [6.45, 7) is 1.99. The van der Waals surface area contributed by atoms with Gasteiger partial charge in [0.15, 0.2) is 4.32 Å². The van der Waals surface area contributed by atoms with Crippen LogP contribution in [-0.4, -0.2) is 17.3 Å². The molecule has 1 heterocycles. The molecule has 23 heavy (non-hydrogen) atoms. The Morgan fingerprint density at radius 2 is 1.96 bits per heavy atom. The van der Waals surface area contributed by atoms with Crippen molar-refractivity contribution < 1.29 is 9.53 Å². The number of thioether (sulfide) groups is 1. The Labute approximate surface area is 144 Å². The number of carbonyl (C=O) groups excluding carboxylic acids is 1. The second kappa shape index (κ2) is 6.56. The Hall–Kier alpha value is -2.11. The van der Waals surface area contributed by atoms with Crippen molar-refractivity contribution in [2.75, 3.05) is 12.0 Å². The SMILES string of the molecule is COc1ccccc1/C=C1\SC(=S)N(c2cccc(C)c2)C1=O. The average molecular weight is 341 g/mol. The van der Waals surface area contributed by atoms with Gasteiger partial charge in [-0.25, -0.2) is 0 Å². The fourth-order valence-corrected chi connectivity index (χ4v) is 3.67. The number of rotatable bonds is 3. The van der Waals surface area contributed by atoms with Crippen LogP contribution in [0.25, 0.3) is 6.08 Å². The molecule has 5 heteroatoms. The molecule has 0 radical (unpaired) electrons. The van der Waals surface area contributed by atoms with Gasteiger partial charge in [0.1, 0.15) is 5.75 Å². The maximum atomic E-state index is 12.7. The first-order valence-electron chi connectivity index (χ1n) is 7.08. The Morgan fingerprint density at radius 3 is 2.70 bits per heavy atom. The molecule has 1 aliphatic rings. The second-order valence-electron chi connectivity index (χ2n) is 5.10. The van der Waals surface area contributed by atoms with Gasteiger partial charge in [0.2, 0.25) is 0 Å². The van der Waals surface area contributed by atoms with E-state index in [9.17, 15) is 4.79 Å². The summed E-state index contributed by atoms with van der Waals surface area (Å²) in [6.07, 6.45) is 1.83. The van der Waals surface area contributed by atoms with Gasteiger partial charge in [-0.3, -0.25) is 9.69 Å². The molecule has 0 spiro atoms. The van der Waals surface area contributed by atoms with Crippen LogP contribution in [0.5, 0.6) is 5.75 Å². The zero-order valence-electron chi connectivity index (χ0n) is 12.8. The third kappa shape index (κ3) is 3.16. The van der Waals surface area contributed by atoms with Crippen molar-refractivity contribution in [2.45, 2.75) is 6.92 Å². The molecule has 0 aromatic heterocycles. The standard InChI is InChI=1S/C18H15NO2S2/c1-12-6-5-8-14(10-12)19-17(20)16(23-18(19)22)11-13-7-3-4-9-15(13)21-2/h3-11H,1-2H3/b16-11-. The van der Waals surface area contributed by atoms with Crippen molar-refractivity contribution in [3.63, 3.8) is 0 Å². The van der Waals surface area contributed by atoms with Crippen LogP contribution in [0.4, 0.5) is 5.69 Å². The molecule has 0 aliphatic carbocycles. The van der Waals surface area contributed by atoms with Crippen LogP contribution in [0, 0.1) is 6.92 Å². The maximum absolute atomic E-state index is 12.7. The van der Waals surface area contributed by atoms with Gasteiger partial charge < -0.3 is 4.74 Å². The van der Waals surface area contributed by atoms with Gasteiger partial charge in [-0.1, -0.05) is 54.3 Å². The predicted molar refractivity (Wildman–Crippen MR) is 99.8 cm³/mol. The van der Waals surface area contributed by atoms with Crippen LogP contribution in [0.2, 0.25) is 0 Å². The monoisotopic (exact) mass is 341 g/mol. The van der Waals surface area contributed by atoms with Crippen LogP contribution in [-0.2, 0) is 4.79 Å². The molecule has 0 N–H and O–H groups in total. The molecule has 0 saturated carbocycles. The lowest BCUT2D eigenvalue weighted by molar-refractivity contribution is -0.113. The van der Waals surface area contributed by atoms with Crippen molar-refractivity contribution in [2.24, 2.45) is 0 Å². The molecule has 1 fully saturated rings.